The maximum absolute atomic E-state index is 13.2. The molecule has 0 spiro atoms. The fourth-order valence-electron chi connectivity index (χ4n) is 2.35. The molecule has 0 aliphatic heterocycles. The summed E-state index contributed by atoms with van der Waals surface area (Å²) in [5.74, 6) is -0.245. The monoisotopic (exact) mass is 405 g/mol. The molecule has 0 fully saturated rings. The number of hydrogen-bond acceptors (Lipinski definition) is 5. The van der Waals surface area contributed by atoms with E-state index in [2.05, 4.69) is 4.98 Å². The van der Waals surface area contributed by atoms with Crippen molar-refractivity contribution in [3.8, 4) is 11.5 Å². The molecular weight excluding hydrogens is 385 g/mol. The highest BCUT2D eigenvalue weighted by atomic mass is 32.2. The van der Waals surface area contributed by atoms with Crippen LogP contribution in [0, 0.1) is 12.7 Å². The summed E-state index contributed by atoms with van der Waals surface area (Å²) in [7, 11) is -3.93. The molecule has 142 valence electrons. The van der Waals surface area contributed by atoms with Crippen molar-refractivity contribution in [2.24, 2.45) is 0 Å². The van der Waals surface area contributed by atoms with Crippen molar-refractivity contribution < 1.29 is 17.2 Å². The average Bonchev–Trinajstić information content (AvgIpc) is 3.07. The van der Waals surface area contributed by atoms with Gasteiger partial charge in [0, 0.05) is 10.8 Å². The standard InChI is InChI=1S/C20H20FNO3S2/c1-4-14(3)26-20-19(27(23,24)17-11-9-16(21)10-12-17)22-18(25-20)15-7-5-13(2)6-8-15/h5-12,14H,4H2,1-3H3/t14-/m1/s1. The van der Waals surface area contributed by atoms with Gasteiger partial charge >= 0.3 is 0 Å². The van der Waals surface area contributed by atoms with E-state index in [0.717, 1.165) is 24.1 Å². The van der Waals surface area contributed by atoms with Crippen LogP contribution >= 0.6 is 11.8 Å². The third-order valence-corrected chi connectivity index (χ3v) is 7.16. The molecule has 1 aromatic heterocycles. The van der Waals surface area contributed by atoms with Gasteiger partial charge in [0.2, 0.25) is 25.8 Å². The van der Waals surface area contributed by atoms with E-state index in [4.69, 9.17) is 4.42 Å². The summed E-state index contributed by atoms with van der Waals surface area (Å²) >= 11 is 1.33. The van der Waals surface area contributed by atoms with Gasteiger partial charge in [0.1, 0.15) is 5.82 Å². The highest BCUT2D eigenvalue weighted by Gasteiger charge is 2.29. The minimum atomic E-state index is -3.93. The van der Waals surface area contributed by atoms with Gasteiger partial charge in [-0.05, 0) is 49.7 Å². The second kappa shape index (κ2) is 7.86. The normalized spacial score (nSPS) is 12.9. The van der Waals surface area contributed by atoms with Gasteiger partial charge in [-0.2, -0.15) is 4.98 Å². The number of nitrogens with zero attached hydrogens (tertiary/aromatic N) is 1. The van der Waals surface area contributed by atoms with E-state index in [-0.39, 0.29) is 26.2 Å². The first-order valence-electron chi connectivity index (χ1n) is 8.56. The zero-order chi connectivity index (χ0) is 19.6. The molecule has 27 heavy (non-hydrogen) atoms. The summed E-state index contributed by atoms with van der Waals surface area (Å²) in [5.41, 5.74) is 1.78. The molecule has 0 aliphatic rings. The molecular formula is C20H20FNO3S2. The molecule has 0 unspecified atom stereocenters. The largest absolute Gasteiger partial charge is 0.428 e. The van der Waals surface area contributed by atoms with Gasteiger partial charge < -0.3 is 4.42 Å². The number of rotatable bonds is 6. The van der Waals surface area contributed by atoms with Gasteiger partial charge in [-0.1, -0.05) is 43.3 Å². The Hall–Kier alpha value is -2.12. The summed E-state index contributed by atoms with van der Waals surface area (Å²) in [6.07, 6.45) is 0.848. The molecule has 4 nitrogen and oxygen atoms in total. The minimum Gasteiger partial charge on any atom is -0.428 e. The summed E-state index contributed by atoms with van der Waals surface area (Å²) in [6, 6.07) is 12.2. The topological polar surface area (TPSA) is 60.2 Å². The molecule has 0 aliphatic carbocycles. The van der Waals surface area contributed by atoms with E-state index in [1.165, 1.54) is 23.9 Å². The molecule has 2 aromatic carbocycles. The van der Waals surface area contributed by atoms with Crippen LogP contribution in [0.4, 0.5) is 4.39 Å². The maximum atomic E-state index is 13.2. The molecule has 1 heterocycles. The Labute approximate surface area is 162 Å². The number of halogens is 1. The lowest BCUT2D eigenvalue weighted by Gasteiger charge is -2.07. The van der Waals surface area contributed by atoms with E-state index in [9.17, 15) is 12.8 Å². The Kier molecular flexibility index (Phi) is 5.72. The van der Waals surface area contributed by atoms with Crippen LogP contribution in [0.15, 0.2) is 68.0 Å². The van der Waals surface area contributed by atoms with Crippen LogP contribution in [-0.4, -0.2) is 18.7 Å². The summed E-state index contributed by atoms with van der Waals surface area (Å²) in [5, 5.41) is 0.283. The van der Waals surface area contributed by atoms with E-state index >= 15 is 0 Å². The molecule has 0 saturated heterocycles. The summed E-state index contributed by atoms with van der Waals surface area (Å²) in [6.45, 7) is 5.98. The minimum absolute atomic E-state index is 0.0151. The number of aromatic nitrogens is 1. The van der Waals surface area contributed by atoms with Crippen molar-refractivity contribution in [1.82, 2.24) is 4.98 Å². The quantitative estimate of drug-likeness (QED) is 0.400. The highest BCUT2D eigenvalue weighted by Crippen LogP contribution is 2.37. The van der Waals surface area contributed by atoms with Crippen molar-refractivity contribution >= 4 is 21.6 Å². The number of hydrogen-bond donors (Lipinski definition) is 0. The van der Waals surface area contributed by atoms with Gasteiger partial charge in [-0.15, -0.1) is 0 Å². The van der Waals surface area contributed by atoms with Gasteiger partial charge in [0.25, 0.3) is 0 Å². The molecule has 3 aromatic rings. The Bertz CT molecular complexity index is 1030. The van der Waals surface area contributed by atoms with Crippen molar-refractivity contribution in [1.29, 1.82) is 0 Å². The Balaban J connectivity index is 2.11. The number of thioether (sulfide) groups is 1. The van der Waals surface area contributed by atoms with Crippen LogP contribution in [0.5, 0.6) is 0 Å². The summed E-state index contributed by atoms with van der Waals surface area (Å²) < 4.78 is 45.2. The molecule has 0 amide bonds. The first kappa shape index (κ1) is 19.6. The number of aryl methyl sites for hydroxylation is 1. The van der Waals surface area contributed by atoms with E-state index in [1.807, 2.05) is 45.0 Å². The van der Waals surface area contributed by atoms with Crippen LogP contribution in [0.1, 0.15) is 25.8 Å². The number of sulfone groups is 1. The molecule has 7 heteroatoms. The van der Waals surface area contributed by atoms with Gasteiger partial charge in [-0.25, -0.2) is 12.8 Å². The molecule has 1 atom stereocenters. The predicted molar refractivity (Wildman–Crippen MR) is 104 cm³/mol. The van der Waals surface area contributed by atoms with E-state index < -0.39 is 15.7 Å². The molecule has 3 rings (SSSR count). The second-order valence-corrected chi connectivity index (χ2v) is 9.55. The van der Waals surface area contributed by atoms with Crippen molar-refractivity contribution in [3.63, 3.8) is 0 Å². The Morgan fingerprint density at radius 2 is 1.74 bits per heavy atom. The maximum Gasteiger partial charge on any atom is 0.228 e. The Morgan fingerprint density at radius 1 is 1.11 bits per heavy atom. The second-order valence-electron chi connectivity index (χ2n) is 6.27. The van der Waals surface area contributed by atoms with Crippen LogP contribution in [-0.2, 0) is 9.84 Å². The van der Waals surface area contributed by atoms with Gasteiger partial charge in [-0.3, -0.25) is 0 Å². The number of oxazole rings is 1. The fraction of sp³-hybridized carbons (Fsp3) is 0.250. The van der Waals surface area contributed by atoms with E-state index in [1.54, 1.807) is 0 Å². The third-order valence-electron chi connectivity index (χ3n) is 4.13. The average molecular weight is 406 g/mol. The van der Waals surface area contributed by atoms with Gasteiger partial charge in [0.05, 0.1) is 4.90 Å². The van der Waals surface area contributed by atoms with E-state index in [0.29, 0.717) is 5.56 Å². The van der Waals surface area contributed by atoms with Crippen molar-refractivity contribution in [2.75, 3.05) is 0 Å². The Morgan fingerprint density at radius 3 is 2.33 bits per heavy atom. The van der Waals surface area contributed by atoms with Crippen LogP contribution in [0.2, 0.25) is 0 Å². The molecule has 0 radical (unpaired) electrons. The van der Waals surface area contributed by atoms with Crippen LogP contribution in [0.25, 0.3) is 11.5 Å². The molecule has 0 saturated carbocycles. The van der Waals surface area contributed by atoms with Crippen LogP contribution < -0.4 is 0 Å². The fourth-order valence-corrected chi connectivity index (χ4v) is 4.81. The summed E-state index contributed by atoms with van der Waals surface area (Å²) in [4.78, 5) is 4.28. The zero-order valence-electron chi connectivity index (χ0n) is 15.3. The van der Waals surface area contributed by atoms with Gasteiger partial charge in [0.15, 0.2) is 0 Å². The lowest BCUT2D eigenvalue weighted by atomic mass is 10.1. The molecule has 0 bridgehead atoms. The smallest absolute Gasteiger partial charge is 0.228 e. The first-order valence-corrected chi connectivity index (χ1v) is 10.9. The molecule has 0 N–H and O–H groups in total. The SMILES string of the molecule is CC[C@@H](C)Sc1oc(-c2ccc(C)cc2)nc1S(=O)(=O)c1ccc(F)cc1. The van der Waals surface area contributed by atoms with Crippen LogP contribution in [0.3, 0.4) is 0 Å². The number of benzene rings is 2. The van der Waals surface area contributed by atoms with Crippen molar-refractivity contribution in [2.45, 2.75) is 47.5 Å². The lowest BCUT2D eigenvalue weighted by molar-refractivity contribution is 0.469. The highest BCUT2D eigenvalue weighted by molar-refractivity contribution is 8.00. The third kappa shape index (κ3) is 4.25. The zero-order valence-corrected chi connectivity index (χ0v) is 16.9. The lowest BCUT2D eigenvalue weighted by Crippen LogP contribution is -2.05. The predicted octanol–water partition coefficient (Wildman–Crippen LogP) is 5.51. The van der Waals surface area contributed by atoms with Crippen molar-refractivity contribution in [3.05, 3.63) is 59.9 Å². The first-order chi connectivity index (χ1) is 12.8.